The molecule has 3 aromatic carbocycles. The Kier molecular flexibility index (Phi) is 11.4. The zero-order valence-electron chi connectivity index (χ0n) is 23.3. The van der Waals surface area contributed by atoms with E-state index in [9.17, 15) is 22.4 Å². The molecule has 0 heterocycles. The highest BCUT2D eigenvalue weighted by molar-refractivity contribution is 7.89. The average molecular weight is 568 g/mol. The summed E-state index contributed by atoms with van der Waals surface area (Å²) in [5.74, 6) is -1.13. The molecule has 0 fully saturated rings. The minimum Gasteiger partial charge on any atom is -0.352 e. The number of halogens is 1. The Morgan fingerprint density at radius 2 is 1.52 bits per heavy atom. The van der Waals surface area contributed by atoms with Crippen LogP contribution in [0.2, 0.25) is 0 Å². The van der Waals surface area contributed by atoms with Crippen molar-refractivity contribution in [2.24, 2.45) is 0 Å². The van der Waals surface area contributed by atoms with Gasteiger partial charge in [0.05, 0.1) is 4.90 Å². The first kappa shape index (κ1) is 31.0. The first-order chi connectivity index (χ1) is 19.1. The van der Waals surface area contributed by atoms with Gasteiger partial charge in [0.2, 0.25) is 21.8 Å². The number of nitrogens with zero attached hydrogens (tertiary/aromatic N) is 2. The predicted octanol–water partition coefficient (Wildman–Crippen LogP) is 4.78. The van der Waals surface area contributed by atoms with Gasteiger partial charge in [-0.1, -0.05) is 73.7 Å². The van der Waals surface area contributed by atoms with Crippen LogP contribution in [-0.4, -0.2) is 55.1 Å². The van der Waals surface area contributed by atoms with Crippen LogP contribution in [0.5, 0.6) is 0 Å². The Morgan fingerprint density at radius 3 is 2.15 bits per heavy atom. The van der Waals surface area contributed by atoms with Crippen LogP contribution in [0.3, 0.4) is 0 Å². The van der Waals surface area contributed by atoms with Crippen molar-refractivity contribution in [1.82, 2.24) is 14.5 Å². The van der Waals surface area contributed by atoms with Crippen molar-refractivity contribution in [3.63, 3.8) is 0 Å². The number of nitrogens with one attached hydrogen (secondary N) is 1. The molecule has 3 rings (SSSR count). The lowest BCUT2D eigenvalue weighted by Gasteiger charge is -2.32. The monoisotopic (exact) mass is 567 g/mol. The van der Waals surface area contributed by atoms with Crippen LogP contribution in [0.15, 0.2) is 89.8 Å². The highest BCUT2D eigenvalue weighted by Gasteiger charge is 2.31. The molecule has 7 nitrogen and oxygen atoms in total. The topological polar surface area (TPSA) is 86.8 Å². The Balaban J connectivity index is 1.84. The fraction of sp³-hybridized carbons (Fsp3) is 0.355. The van der Waals surface area contributed by atoms with E-state index in [-0.39, 0.29) is 55.1 Å². The zero-order chi connectivity index (χ0) is 29.1. The summed E-state index contributed by atoms with van der Waals surface area (Å²) in [6, 6.07) is 22.7. The second kappa shape index (κ2) is 14.7. The van der Waals surface area contributed by atoms with Crippen LogP contribution >= 0.6 is 0 Å². The van der Waals surface area contributed by atoms with E-state index in [1.807, 2.05) is 44.2 Å². The molecule has 214 valence electrons. The number of rotatable bonds is 14. The molecule has 9 heteroatoms. The third kappa shape index (κ3) is 8.47. The second-order valence-corrected chi connectivity index (χ2v) is 11.9. The van der Waals surface area contributed by atoms with E-state index in [0.717, 1.165) is 5.56 Å². The minimum atomic E-state index is -3.70. The Hall–Kier alpha value is -3.56. The number of carbonyl (C=O) groups excluding carboxylic acids is 2. The quantitative estimate of drug-likeness (QED) is 0.304. The van der Waals surface area contributed by atoms with Crippen molar-refractivity contribution < 1.29 is 22.4 Å². The molecule has 0 aliphatic rings. The third-order valence-electron chi connectivity index (χ3n) is 6.89. The molecule has 0 aliphatic carbocycles. The van der Waals surface area contributed by atoms with Gasteiger partial charge < -0.3 is 10.2 Å². The summed E-state index contributed by atoms with van der Waals surface area (Å²) in [5, 5.41) is 2.98. The second-order valence-electron chi connectivity index (χ2n) is 9.88. The summed E-state index contributed by atoms with van der Waals surface area (Å²) in [5.41, 5.74) is 1.17. The SMILES string of the molecule is CC[C@@H](C)NC(=O)[C@H](Cc1ccccc1)N(Cc1ccccc1F)C(=O)CCCN(C)S(=O)(=O)c1ccccc1. The standard InChI is InChI=1S/C31H38FN3O4S/c1-4-24(2)33-31(37)29(22-25-14-7-5-8-15-25)35(23-26-16-11-12-19-28(26)32)30(36)20-13-21-34(3)40(38,39)27-17-9-6-10-18-27/h5-12,14-19,24,29H,4,13,20-23H2,1-3H3,(H,33,37)/t24-,29+/m1/s1. The van der Waals surface area contributed by atoms with Crippen LogP contribution in [0, 0.1) is 5.82 Å². The predicted molar refractivity (Wildman–Crippen MR) is 154 cm³/mol. The van der Waals surface area contributed by atoms with E-state index in [2.05, 4.69) is 5.32 Å². The molecule has 0 radical (unpaired) electrons. The van der Waals surface area contributed by atoms with Gasteiger partial charge in [0.1, 0.15) is 11.9 Å². The summed E-state index contributed by atoms with van der Waals surface area (Å²) in [6.45, 7) is 3.87. The summed E-state index contributed by atoms with van der Waals surface area (Å²) in [6.07, 6.45) is 1.20. The first-order valence-electron chi connectivity index (χ1n) is 13.5. The molecular weight excluding hydrogens is 529 g/mol. The molecule has 0 spiro atoms. The highest BCUT2D eigenvalue weighted by atomic mass is 32.2. The smallest absolute Gasteiger partial charge is 0.243 e. The largest absolute Gasteiger partial charge is 0.352 e. The lowest BCUT2D eigenvalue weighted by atomic mass is 10.0. The zero-order valence-corrected chi connectivity index (χ0v) is 24.1. The van der Waals surface area contributed by atoms with Gasteiger partial charge in [0.15, 0.2) is 0 Å². The van der Waals surface area contributed by atoms with Gasteiger partial charge in [-0.25, -0.2) is 17.1 Å². The van der Waals surface area contributed by atoms with Gasteiger partial charge in [-0.15, -0.1) is 0 Å². The Labute approximate surface area is 237 Å². The summed E-state index contributed by atoms with van der Waals surface area (Å²) in [4.78, 5) is 28.8. The number of carbonyl (C=O) groups is 2. The van der Waals surface area contributed by atoms with Crippen molar-refractivity contribution in [3.05, 3.63) is 102 Å². The molecule has 0 saturated heterocycles. The molecule has 1 N–H and O–H groups in total. The van der Waals surface area contributed by atoms with Crippen molar-refractivity contribution in [2.75, 3.05) is 13.6 Å². The first-order valence-corrected chi connectivity index (χ1v) is 15.0. The lowest BCUT2D eigenvalue weighted by molar-refractivity contribution is -0.141. The Bertz CT molecular complexity index is 1350. The minimum absolute atomic E-state index is 0.00893. The van der Waals surface area contributed by atoms with E-state index in [1.165, 1.54) is 34.5 Å². The van der Waals surface area contributed by atoms with Gasteiger partial charge in [-0.2, -0.15) is 0 Å². The van der Waals surface area contributed by atoms with Crippen molar-refractivity contribution in [3.8, 4) is 0 Å². The van der Waals surface area contributed by atoms with Crippen LogP contribution in [0.1, 0.15) is 44.2 Å². The number of sulfonamides is 1. The van der Waals surface area contributed by atoms with Gasteiger partial charge in [-0.05, 0) is 43.5 Å². The van der Waals surface area contributed by atoms with Crippen molar-refractivity contribution >= 4 is 21.8 Å². The average Bonchev–Trinajstić information content (AvgIpc) is 2.96. The summed E-state index contributed by atoms with van der Waals surface area (Å²) in [7, 11) is -2.23. The molecular formula is C31H38FN3O4S. The molecule has 0 aromatic heterocycles. The van der Waals surface area contributed by atoms with Crippen LogP contribution in [0.4, 0.5) is 4.39 Å². The molecule has 3 aromatic rings. The summed E-state index contributed by atoms with van der Waals surface area (Å²) < 4.78 is 41.7. The van der Waals surface area contributed by atoms with Gasteiger partial charge in [0, 0.05) is 44.6 Å². The van der Waals surface area contributed by atoms with Gasteiger partial charge >= 0.3 is 0 Å². The van der Waals surface area contributed by atoms with Crippen molar-refractivity contribution in [2.45, 2.75) is 63.1 Å². The van der Waals surface area contributed by atoms with Crippen LogP contribution in [-0.2, 0) is 32.6 Å². The third-order valence-corrected chi connectivity index (χ3v) is 8.76. The van der Waals surface area contributed by atoms with E-state index >= 15 is 0 Å². The fourth-order valence-corrected chi connectivity index (χ4v) is 5.52. The molecule has 2 atom stereocenters. The highest BCUT2D eigenvalue weighted by Crippen LogP contribution is 2.19. The Morgan fingerprint density at radius 1 is 0.925 bits per heavy atom. The molecule has 40 heavy (non-hydrogen) atoms. The summed E-state index contributed by atoms with van der Waals surface area (Å²) >= 11 is 0. The number of hydrogen-bond acceptors (Lipinski definition) is 4. The maximum atomic E-state index is 14.7. The van der Waals surface area contributed by atoms with E-state index in [0.29, 0.717) is 12.0 Å². The molecule has 0 aliphatic heterocycles. The van der Waals surface area contributed by atoms with Crippen LogP contribution < -0.4 is 5.32 Å². The van der Waals surface area contributed by atoms with E-state index in [4.69, 9.17) is 0 Å². The van der Waals surface area contributed by atoms with E-state index in [1.54, 1.807) is 36.4 Å². The fourth-order valence-electron chi connectivity index (χ4n) is 4.29. The normalized spacial score (nSPS) is 13.0. The maximum absolute atomic E-state index is 14.7. The van der Waals surface area contributed by atoms with E-state index < -0.39 is 21.9 Å². The van der Waals surface area contributed by atoms with Crippen molar-refractivity contribution in [1.29, 1.82) is 0 Å². The number of amides is 2. The molecule has 2 amide bonds. The molecule has 0 saturated carbocycles. The number of benzene rings is 3. The molecule has 0 bridgehead atoms. The number of hydrogen-bond donors (Lipinski definition) is 1. The molecule has 0 unspecified atom stereocenters. The van der Waals surface area contributed by atoms with Gasteiger partial charge in [-0.3, -0.25) is 9.59 Å². The lowest BCUT2D eigenvalue weighted by Crippen LogP contribution is -2.52. The van der Waals surface area contributed by atoms with Crippen LogP contribution in [0.25, 0.3) is 0 Å². The van der Waals surface area contributed by atoms with Gasteiger partial charge in [0.25, 0.3) is 0 Å². The maximum Gasteiger partial charge on any atom is 0.243 e.